The number of thioether (sulfide) groups is 1. The van der Waals surface area contributed by atoms with E-state index >= 15 is 0 Å². The van der Waals surface area contributed by atoms with Gasteiger partial charge in [-0.05, 0) is 26.3 Å². The quantitative estimate of drug-likeness (QED) is 0.588. The second-order valence-corrected chi connectivity index (χ2v) is 4.80. The first-order valence-electron chi connectivity index (χ1n) is 4.08. The molecule has 0 aliphatic carbocycles. The van der Waals surface area contributed by atoms with Gasteiger partial charge in [0.1, 0.15) is 4.34 Å². The van der Waals surface area contributed by atoms with Crippen LogP contribution in [0.2, 0.25) is 0 Å². The Morgan fingerprint density at radius 1 is 1.58 bits per heavy atom. The Balaban J connectivity index is 2.15. The fraction of sp³-hybridized carbons (Fsp3) is 0.625. The van der Waals surface area contributed by atoms with Crippen LogP contribution in [-0.2, 0) is 0 Å². The predicted octanol–water partition coefficient (Wildman–Crippen LogP) is 2.28. The van der Waals surface area contributed by atoms with Crippen LogP contribution < -0.4 is 5.73 Å². The first kappa shape index (κ1) is 10.0. The summed E-state index contributed by atoms with van der Waals surface area (Å²) in [7, 11) is 0. The van der Waals surface area contributed by atoms with Gasteiger partial charge in [-0.3, -0.25) is 0 Å². The Labute approximate surface area is 81.6 Å². The van der Waals surface area contributed by atoms with E-state index in [0.717, 1.165) is 24.4 Å². The van der Waals surface area contributed by atoms with Crippen LogP contribution in [0.3, 0.4) is 0 Å². The molecule has 0 radical (unpaired) electrons. The molecule has 0 fully saturated rings. The van der Waals surface area contributed by atoms with Crippen LogP contribution in [0.1, 0.15) is 18.5 Å². The SMILES string of the molecule is Cc1csc(SCCCCN)n1. The maximum atomic E-state index is 5.39. The number of aromatic nitrogens is 1. The maximum Gasteiger partial charge on any atom is 0.150 e. The van der Waals surface area contributed by atoms with Gasteiger partial charge < -0.3 is 5.73 Å². The molecular weight excluding hydrogens is 188 g/mol. The number of unbranched alkanes of at least 4 members (excludes halogenated alkanes) is 1. The second kappa shape index (κ2) is 5.56. The van der Waals surface area contributed by atoms with Crippen LogP contribution in [0.25, 0.3) is 0 Å². The lowest BCUT2D eigenvalue weighted by molar-refractivity contribution is 0.814. The minimum absolute atomic E-state index is 0.803. The summed E-state index contributed by atoms with van der Waals surface area (Å²) in [6.45, 7) is 2.83. The third kappa shape index (κ3) is 3.56. The molecule has 0 aliphatic rings. The fourth-order valence-corrected chi connectivity index (χ4v) is 2.72. The summed E-state index contributed by atoms with van der Waals surface area (Å²) in [5.41, 5.74) is 6.52. The molecule has 12 heavy (non-hydrogen) atoms. The minimum Gasteiger partial charge on any atom is -0.330 e. The number of nitrogens with zero attached hydrogens (tertiary/aromatic N) is 1. The molecular formula is C8H14N2S2. The van der Waals surface area contributed by atoms with Crippen molar-refractivity contribution in [2.75, 3.05) is 12.3 Å². The molecule has 1 aromatic heterocycles. The van der Waals surface area contributed by atoms with E-state index in [1.165, 1.54) is 10.8 Å². The Morgan fingerprint density at radius 2 is 2.42 bits per heavy atom. The van der Waals surface area contributed by atoms with Gasteiger partial charge in [-0.2, -0.15) is 0 Å². The van der Waals surface area contributed by atoms with E-state index in [9.17, 15) is 0 Å². The van der Waals surface area contributed by atoms with E-state index in [4.69, 9.17) is 5.73 Å². The van der Waals surface area contributed by atoms with Crippen molar-refractivity contribution in [1.29, 1.82) is 0 Å². The van der Waals surface area contributed by atoms with Crippen molar-refractivity contribution in [3.05, 3.63) is 11.1 Å². The summed E-state index contributed by atoms with van der Waals surface area (Å²) in [5.74, 6) is 1.14. The maximum absolute atomic E-state index is 5.39. The van der Waals surface area contributed by atoms with Crippen LogP contribution in [0.5, 0.6) is 0 Å². The van der Waals surface area contributed by atoms with Gasteiger partial charge in [-0.15, -0.1) is 11.3 Å². The molecule has 2 nitrogen and oxygen atoms in total. The van der Waals surface area contributed by atoms with Crippen molar-refractivity contribution >= 4 is 23.1 Å². The Kier molecular flexibility index (Phi) is 4.65. The van der Waals surface area contributed by atoms with Crippen molar-refractivity contribution in [3.63, 3.8) is 0 Å². The molecule has 0 unspecified atom stereocenters. The molecule has 68 valence electrons. The monoisotopic (exact) mass is 202 g/mol. The first-order valence-corrected chi connectivity index (χ1v) is 5.94. The molecule has 0 saturated carbocycles. The van der Waals surface area contributed by atoms with E-state index in [1.54, 1.807) is 11.3 Å². The average molecular weight is 202 g/mol. The highest BCUT2D eigenvalue weighted by Crippen LogP contribution is 2.22. The topological polar surface area (TPSA) is 38.9 Å². The summed E-state index contributed by atoms with van der Waals surface area (Å²) in [6, 6.07) is 0. The molecule has 0 aromatic carbocycles. The highest BCUT2D eigenvalue weighted by atomic mass is 32.2. The van der Waals surface area contributed by atoms with Crippen LogP contribution in [0.15, 0.2) is 9.72 Å². The normalized spacial score (nSPS) is 10.5. The summed E-state index contributed by atoms with van der Waals surface area (Å²) in [5, 5.41) is 2.09. The second-order valence-electron chi connectivity index (χ2n) is 2.60. The number of aryl methyl sites for hydroxylation is 1. The number of hydrogen-bond acceptors (Lipinski definition) is 4. The van der Waals surface area contributed by atoms with Crippen molar-refractivity contribution in [3.8, 4) is 0 Å². The predicted molar refractivity (Wildman–Crippen MR) is 55.9 cm³/mol. The van der Waals surface area contributed by atoms with Gasteiger partial charge in [0.25, 0.3) is 0 Å². The van der Waals surface area contributed by atoms with Crippen molar-refractivity contribution in [2.24, 2.45) is 5.73 Å². The lowest BCUT2D eigenvalue weighted by Crippen LogP contribution is -1.98. The van der Waals surface area contributed by atoms with E-state index < -0.39 is 0 Å². The van der Waals surface area contributed by atoms with Crippen molar-refractivity contribution in [1.82, 2.24) is 4.98 Å². The summed E-state index contributed by atoms with van der Waals surface area (Å²) < 4.78 is 1.18. The molecule has 2 N–H and O–H groups in total. The highest BCUT2D eigenvalue weighted by molar-refractivity contribution is 8.00. The zero-order valence-electron chi connectivity index (χ0n) is 7.25. The molecule has 0 spiro atoms. The van der Waals surface area contributed by atoms with E-state index in [0.29, 0.717) is 0 Å². The number of rotatable bonds is 5. The molecule has 0 saturated heterocycles. The van der Waals surface area contributed by atoms with Gasteiger partial charge >= 0.3 is 0 Å². The van der Waals surface area contributed by atoms with Crippen LogP contribution in [0.4, 0.5) is 0 Å². The van der Waals surface area contributed by atoms with E-state index in [2.05, 4.69) is 10.4 Å². The average Bonchev–Trinajstić information content (AvgIpc) is 2.45. The summed E-state index contributed by atoms with van der Waals surface area (Å²) in [4.78, 5) is 4.36. The van der Waals surface area contributed by atoms with Gasteiger partial charge in [-0.25, -0.2) is 4.98 Å². The van der Waals surface area contributed by atoms with Crippen LogP contribution in [-0.4, -0.2) is 17.3 Å². The molecule has 1 rings (SSSR count). The smallest absolute Gasteiger partial charge is 0.150 e. The first-order chi connectivity index (χ1) is 5.83. The van der Waals surface area contributed by atoms with Gasteiger partial charge in [0.15, 0.2) is 0 Å². The van der Waals surface area contributed by atoms with Gasteiger partial charge in [0.2, 0.25) is 0 Å². The third-order valence-electron chi connectivity index (χ3n) is 1.42. The number of nitrogens with two attached hydrogens (primary N) is 1. The van der Waals surface area contributed by atoms with Gasteiger partial charge in [0.05, 0.1) is 0 Å². The lowest BCUT2D eigenvalue weighted by Gasteiger charge is -1.95. The number of thiazole rings is 1. The molecule has 1 aromatic rings. The molecule has 0 bridgehead atoms. The summed E-state index contributed by atoms with van der Waals surface area (Å²) >= 11 is 3.56. The Morgan fingerprint density at radius 3 is 3.00 bits per heavy atom. The molecule has 1 heterocycles. The fourth-order valence-electron chi connectivity index (χ4n) is 0.805. The highest BCUT2D eigenvalue weighted by Gasteiger charge is 1.97. The number of hydrogen-bond donors (Lipinski definition) is 1. The van der Waals surface area contributed by atoms with Gasteiger partial charge in [-0.1, -0.05) is 11.8 Å². The lowest BCUT2D eigenvalue weighted by atomic mass is 10.3. The zero-order chi connectivity index (χ0) is 8.81. The van der Waals surface area contributed by atoms with E-state index in [1.807, 2.05) is 18.7 Å². The van der Waals surface area contributed by atoms with Crippen molar-refractivity contribution < 1.29 is 0 Å². The van der Waals surface area contributed by atoms with Crippen LogP contribution in [0, 0.1) is 6.92 Å². The van der Waals surface area contributed by atoms with Crippen LogP contribution >= 0.6 is 23.1 Å². The zero-order valence-corrected chi connectivity index (χ0v) is 8.88. The largest absolute Gasteiger partial charge is 0.330 e. The molecule has 0 atom stereocenters. The third-order valence-corrected chi connectivity index (χ3v) is 3.65. The molecule has 0 aliphatic heterocycles. The molecule has 0 amide bonds. The summed E-state index contributed by atoms with van der Waals surface area (Å²) in [6.07, 6.45) is 2.32. The minimum atomic E-state index is 0.803. The Hall–Kier alpha value is -0.0600. The van der Waals surface area contributed by atoms with E-state index in [-0.39, 0.29) is 0 Å². The standard InChI is InChI=1S/C8H14N2S2/c1-7-6-12-8(10-7)11-5-3-2-4-9/h6H,2-5,9H2,1H3. The van der Waals surface area contributed by atoms with Crippen molar-refractivity contribution in [2.45, 2.75) is 24.1 Å². The Bertz CT molecular complexity index is 223. The van der Waals surface area contributed by atoms with Gasteiger partial charge in [0, 0.05) is 16.8 Å². The molecule has 4 heteroatoms.